The summed E-state index contributed by atoms with van der Waals surface area (Å²) in [4.78, 5) is 0. The quantitative estimate of drug-likeness (QED) is 0.458. The van der Waals surface area contributed by atoms with Crippen molar-refractivity contribution in [2.75, 3.05) is 0 Å². The minimum atomic E-state index is 1.31. The minimum absolute atomic E-state index is 1.31. The Morgan fingerprint density at radius 1 is 1.57 bits per heavy atom. The van der Waals surface area contributed by atoms with Crippen LogP contribution in [0.25, 0.3) is 0 Å². The Hall–Kier alpha value is -0.720. The van der Waals surface area contributed by atoms with Crippen molar-refractivity contribution in [3.63, 3.8) is 0 Å². The molecule has 1 rings (SSSR count). The van der Waals surface area contributed by atoms with Crippen LogP contribution in [0.3, 0.4) is 0 Å². The first-order valence-corrected chi connectivity index (χ1v) is 2.38. The largest absolute Gasteiger partial charge is 0.355 e. The van der Waals surface area contributed by atoms with Crippen molar-refractivity contribution in [2.24, 2.45) is 7.05 Å². The summed E-state index contributed by atoms with van der Waals surface area (Å²) in [6, 6.07) is 4.12. The van der Waals surface area contributed by atoms with Crippen LogP contribution in [0.1, 0.15) is 5.69 Å². The van der Waals surface area contributed by atoms with E-state index in [0.717, 1.165) is 0 Å². The molecule has 0 amide bonds. The van der Waals surface area contributed by atoms with Gasteiger partial charge < -0.3 is 4.57 Å². The van der Waals surface area contributed by atoms with Crippen LogP contribution < -0.4 is 0 Å². The van der Waals surface area contributed by atoms with Crippen LogP contribution in [0.4, 0.5) is 0 Å². The van der Waals surface area contributed by atoms with E-state index in [1.165, 1.54) is 5.69 Å². The molecule has 0 aliphatic rings. The highest BCUT2D eigenvalue weighted by Gasteiger charge is 1.81. The number of aryl methyl sites for hydroxylation is 2. The van der Waals surface area contributed by atoms with Crippen LogP contribution >= 0.6 is 0 Å². The minimum Gasteiger partial charge on any atom is -0.355 e. The molecule has 1 heteroatoms. The average molecular weight is 95.1 g/mol. The molecule has 0 aliphatic heterocycles. The topological polar surface area (TPSA) is 4.93 Å². The van der Waals surface area contributed by atoms with Gasteiger partial charge in [0.2, 0.25) is 0 Å². The van der Waals surface area contributed by atoms with E-state index in [4.69, 9.17) is 0 Å². The van der Waals surface area contributed by atoms with Gasteiger partial charge in [-0.15, -0.1) is 0 Å². The lowest BCUT2D eigenvalue weighted by Gasteiger charge is -1.89. The zero-order valence-electron chi connectivity index (χ0n) is 4.68. The maximum absolute atomic E-state index is 2.08. The van der Waals surface area contributed by atoms with Crippen molar-refractivity contribution in [1.82, 2.24) is 4.57 Å². The third kappa shape index (κ3) is 0.660. The highest BCUT2D eigenvalue weighted by molar-refractivity contribution is 5.02. The normalized spacial score (nSPS) is 9.43. The Morgan fingerprint density at radius 3 is 2.43 bits per heavy atom. The van der Waals surface area contributed by atoms with Gasteiger partial charge >= 0.3 is 0 Å². The van der Waals surface area contributed by atoms with Crippen LogP contribution in [0, 0.1) is 6.92 Å². The molecule has 7 heavy (non-hydrogen) atoms. The van der Waals surface area contributed by atoms with E-state index < -0.39 is 0 Å². The fourth-order valence-corrected chi connectivity index (χ4v) is 0.547. The van der Waals surface area contributed by atoms with Gasteiger partial charge in [-0.2, -0.15) is 0 Å². The molecule has 0 saturated heterocycles. The number of hydrogen-bond donors (Lipinski definition) is 0. The number of hydrogen-bond acceptors (Lipinski definition) is 0. The first-order chi connectivity index (χ1) is 3.30. The van der Waals surface area contributed by atoms with Crippen LogP contribution in [0.5, 0.6) is 0 Å². The third-order valence-corrected chi connectivity index (χ3v) is 1.20. The second-order valence-electron chi connectivity index (χ2n) is 1.76. The summed E-state index contributed by atoms with van der Waals surface area (Å²) in [5, 5.41) is 0. The maximum Gasteiger partial charge on any atom is 0.0140 e. The summed E-state index contributed by atoms with van der Waals surface area (Å²) >= 11 is 0. The van der Waals surface area contributed by atoms with E-state index in [1.54, 1.807) is 0 Å². The molecule has 0 N–H and O–H groups in total. The zero-order chi connectivity index (χ0) is 5.28. The van der Waals surface area contributed by atoms with Crippen molar-refractivity contribution in [2.45, 2.75) is 6.92 Å². The molecule has 38 valence electrons. The van der Waals surface area contributed by atoms with Crippen molar-refractivity contribution >= 4 is 0 Å². The van der Waals surface area contributed by atoms with E-state index in [1.807, 2.05) is 19.3 Å². The molecule has 1 aromatic rings. The highest BCUT2D eigenvalue weighted by atomic mass is 14.9. The van der Waals surface area contributed by atoms with Gasteiger partial charge in [-0.05, 0) is 19.1 Å². The van der Waals surface area contributed by atoms with E-state index in [-0.39, 0.29) is 0 Å². The Bertz CT molecular complexity index is 136. The standard InChI is InChI=1S/C6H9N/c1-6-4-3-5-7(6)2/h3-5H,1-2H3. The van der Waals surface area contributed by atoms with Crippen LogP contribution in [0.2, 0.25) is 0 Å². The summed E-state index contributed by atoms with van der Waals surface area (Å²) in [6.07, 6.45) is 2.04. The van der Waals surface area contributed by atoms with Gasteiger partial charge in [-0.1, -0.05) is 0 Å². The molecule has 0 saturated carbocycles. The van der Waals surface area contributed by atoms with Crippen molar-refractivity contribution in [1.29, 1.82) is 0 Å². The van der Waals surface area contributed by atoms with Crippen molar-refractivity contribution < 1.29 is 0 Å². The van der Waals surface area contributed by atoms with Crippen LogP contribution in [-0.2, 0) is 7.05 Å². The first-order valence-electron chi connectivity index (χ1n) is 2.38. The third-order valence-electron chi connectivity index (χ3n) is 1.20. The fraction of sp³-hybridized carbons (Fsp3) is 0.333. The lowest BCUT2D eigenvalue weighted by atomic mass is 10.5. The lowest BCUT2D eigenvalue weighted by Crippen LogP contribution is -1.84. The summed E-state index contributed by atoms with van der Waals surface area (Å²) in [5.74, 6) is 0. The summed E-state index contributed by atoms with van der Waals surface area (Å²) < 4.78 is 2.08. The second-order valence-corrected chi connectivity index (χ2v) is 1.76. The van der Waals surface area contributed by atoms with E-state index in [0.29, 0.717) is 0 Å². The predicted molar refractivity (Wildman–Crippen MR) is 30.1 cm³/mol. The lowest BCUT2D eigenvalue weighted by molar-refractivity contribution is 0.882. The fourth-order valence-electron chi connectivity index (χ4n) is 0.547. The number of aromatic nitrogens is 1. The van der Waals surface area contributed by atoms with Gasteiger partial charge in [0, 0.05) is 18.9 Å². The van der Waals surface area contributed by atoms with Crippen molar-refractivity contribution in [3.05, 3.63) is 24.0 Å². The van der Waals surface area contributed by atoms with Crippen LogP contribution in [-0.4, -0.2) is 4.57 Å². The molecule has 0 aliphatic carbocycles. The number of nitrogens with zero attached hydrogens (tertiary/aromatic N) is 1. The Labute approximate surface area is 43.6 Å². The van der Waals surface area contributed by atoms with Gasteiger partial charge in [0.25, 0.3) is 0 Å². The van der Waals surface area contributed by atoms with Gasteiger partial charge in [-0.3, -0.25) is 0 Å². The highest BCUT2D eigenvalue weighted by Crippen LogP contribution is 1.93. The number of rotatable bonds is 0. The molecule has 1 aromatic heterocycles. The van der Waals surface area contributed by atoms with E-state index in [9.17, 15) is 0 Å². The van der Waals surface area contributed by atoms with Crippen molar-refractivity contribution in [3.8, 4) is 0 Å². The molecule has 1 heterocycles. The molecule has 0 radical (unpaired) electrons. The molecule has 0 fully saturated rings. The molecule has 0 spiro atoms. The zero-order valence-corrected chi connectivity index (χ0v) is 4.68. The molecule has 0 unspecified atom stereocenters. The van der Waals surface area contributed by atoms with Crippen LogP contribution in [0.15, 0.2) is 18.3 Å². The molecule has 1 nitrogen and oxygen atoms in total. The average Bonchev–Trinajstić information content (AvgIpc) is 1.91. The monoisotopic (exact) mass is 95.1 g/mol. The van der Waals surface area contributed by atoms with Gasteiger partial charge in [-0.25, -0.2) is 0 Å². The Balaban J connectivity index is 3.12. The molecular weight excluding hydrogens is 86.1 g/mol. The maximum atomic E-state index is 2.08. The van der Waals surface area contributed by atoms with Gasteiger partial charge in [0.05, 0.1) is 0 Å². The van der Waals surface area contributed by atoms with E-state index >= 15 is 0 Å². The molecule has 0 aromatic carbocycles. The van der Waals surface area contributed by atoms with E-state index in [2.05, 4.69) is 17.6 Å². The summed E-state index contributed by atoms with van der Waals surface area (Å²) in [7, 11) is 2.04. The van der Waals surface area contributed by atoms with Gasteiger partial charge in [0.15, 0.2) is 0 Å². The SMILES string of the molecule is Cc1cccn1C. The summed E-state index contributed by atoms with van der Waals surface area (Å²) in [5.41, 5.74) is 1.31. The Morgan fingerprint density at radius 2 is 2.29 bits per heavy atom. The second kappa shape index (κ2) is 1.41. The molecular formula is C6H9N. The smallest absolute Gasteiger partial charge is 0.0140 e. The Kier molecular flexibility index (Phi) is 0.895. The first kappa shape index (κ1) is 4.44. The molecule has 0 bridgehead atoms. The molecule has 0 atom stereocenters. The predicted octanol–water partition coefficient (Wildman–Crippen LogP) is 1.33. The van der Waals surface area contributed by atoms with Gasteiger partial charge in [0.1, 0.15) is 0 Å². The summed E-state index contributed by atoms with van der Waals surface area (Å²) in [6.45, 7) is 2.08.